The molecule has 2 atom stereocenters. The fourth-order valence-corrected chi connectivity index (χ4v) is 6.15. The van der Waals surface area contributed by atoms with Crippen molar-refractivity contribution in [2.75, 3.05) is 10.3 Å². The quantitative estimate of drug-likeness (QED) is 0.155. The van der Waals surface area contributed by atoms with Gasteiger partial charge in [-0.2, -0.15) is 5.10 Å². The van der Waals surface area contributed by atoms with E-state index in [9.17, 15) is 0 Å². The lowest BCUT2D eigenvalue weighted by Gasteiger charge is -2.24. The molecule has 0 aliphatic carbocycles. The van der Waals surface area contributed by atoms with Crippen LogP contribution in [0.2, 0.25) is 0 Å². The maximum Gasteiger partial charge on any atom is 0.0831 e. The summed E-state index contributed by atoms with van der Waals surface area (Å²) >= 11 is 0. The Morgan fingerprint density at radius 1 is 0.630 bits per heavy atom. The molecule has 1 aliphatic rings. The zero-order valence-corrected chi connectivity index (χ0v) is 25.6. The van der Waals surface area contributed by atoms with Gasteiger partial charge in [0.1, 0.15) is 0 Å². The SMILES string of the molecule is N=C(CC(Nc1ccccc1)c1ccc(-c2ccc(C3CC(c4ccccc4)=NN3c3ccccc3)cc2)cc1)c1ccccc1. The van der Waals surface area contributed by atoms with Crippen LogP contribution in [0.3, 0.4) is 0 Å². The molecule has 2 unspecified atom stereocenters. The first-order valence-corrected chi connectivity index (χ1v) is 15.8. The maximum absolute atomic E-state index is 8.82. The minimum atomic E-state index is -0.0309. The monoisotopic (exact) mass is 596 g/mol. The van der Waals surface area contributed by atoms with Gasteiger partial charge < -0.3 is 10.7 Å². The van der Waals surface area contributed by atoms with Gasteiger partial charge in [-0.15, -0.1) is 0 Å². The van der Waals surface area contributed by atoms with Crippen LogP contribution in [-0.4, -0.2) is 11.4 Å². The van der Waals surface area contributed by atoms with Crippen molar-refractivity contribution >= 4 is 22.8 Å². The second-order valence-corrected chi connectivity index (χ2v) is 11.7. The third-order valence-corrected chi connectivity index (χ3v) is 8.63. The molecular formula is C42H36N4. The first kappa shape index (κ1) is 29.0. The zero-order valence-electron chi connectivity index (χ0n) is 25.6. The Bertz CT molecular complexity index is 1900. The van der Waals surface area contributed by atoms with Crippen LogP contribution in [0, 0.1) is 5.41 Å². The molecule has 0 saturated heterocycles. The van der Waals surface area contributed by atoms with Crippen molar-refractivity contribution in [2.45, 2.75) is 24.9 Å². The second-order valence-electron chi connectivity index (χ2n) is 11.7. The number of hydrazone groups is 1. The standard InChI is InChI=1S/C42H36N4/c43-39(33-13-5-1-6-14-33)29-40(44-37-17-9-3-10-18-37)35-25-21-31(22-26-35)32-23-27-36(28-24-32)42-30-41(34-15-7-2-8-16-34)45-46(42)38-19-11-4-12-20-38/h1-28,40,42-44H,29-30H2. The molecule has 1 aliphatic heterocycles. The van der Waals surface area contributed by atoms with Crippen LogP contribution in [0.1, 0.15) is 47.2 Å². The van der Waals surface area contributed by atoms with Crippen LogP contribution in [0.15, 0.2) is 175 Å². The fourth-order valence-electron chi connectivity index (χ4n) is 6.15. The van der Waals surface area contributed by atoms with Crippen LogP contribution < -0.4 is 10.3 Å². The highest BCUT2D eigenvalue weighted by Crippen LogP contribution is 2.37. The Balaban J connectivity index is 1.11. The molecule has 0 spiro atoms. The molecule has 7 rings (SSSR count). The van der Waals surface area contributed by atoms with Crippen molar-refractivity contribution < 1.29 is 0 Å². The first-order chi connectivity index (χ1) is 22.7. The van der Waals surface area contributed by atoms with E-state index in [-0.39, 0.29) is 12.1 Å². The zero-order chi connectivity index (χ0) is 31.1. The average Bonchev–Trinajstić information content (AvgIpc) is 3.59. The largest absolute Gasteiger partial charge is 0.378 e. The van der Waals surface area contributed by atoms with Gasteiger partial charge in [-0.05, 0) is 57.6 Å². The molecule has 0 saturated carbocycles. The maximum atomic E-state index is 8.82. The molecule has 0 aromatic heterocycles. The molecule has 0 fully saturated rings. The van der Waals surface area contributed by atoms with Crippen LogP contribution in [-0.2, 0) is 0 Å². The van der Waals surface area contributed by atoms with E-state index in [0.717, 1.165) is 34.6 Å². The van der Waals surface area contributed by atoms with Crippen molar-refractivity contribution in [1.82, 2.24) is 0 Å². The minimum Gasteiger partial charge on any atom is -0.378 e. The van der Waals surface area contributed by atoms with Gasteiger partial charge in [-0.25, -0.2) is 0 Å². The third-order valence-electron chi connectivity index (χ3n) is 8.63. The Kier molecular flexibility index (Phi) is 8.51. The molecule has 6 aromatic carbocycles. The summed E-state index contributed by atoms with van der Waals surface area (Å²) in [5.41, 5.74) is 10.7. The summed E-state index contributed by atoms with van der Waals surface area (Å²) in [6, 6.07) is 58.9. The number of benzene rings is 6. The normalized spacial score (nSPS) is 14.8. The van der Waals surface area contributed by atoms with Crippen molar-refractivity contribution in [3.63, 3.8) is 0 Å². The molecule has 0 bridgehead atoms. The average molecular weight is 597 g/mol. The van der Waals surface area contributed by atoms with Gasteiger partial charge in [0.25, 0.3) is 0 Å². The number of para-hydroxylation sites is 2. The molecule has 0 amide bonds. The van der Waals surface area contributed by atoms with E-state index < -0.39 is 0 Å². The Hall–Kier alpha value is -5.74. The molecule has 6 aromatic rings. The van der Waals surface area contributed by atoms with E-state index in [2.05, 4.69) is 120 Å². The Morgan fingerprint density at radius 3 is 1.80 bits per heavy atom. The van der Waals surface area contributed by atoms with Gasteiger partial charge in [-0.3, -0.25) is 5.01 Å². The topological polar surface area (TPSA) is 51.5 Å². The number of rotatable bonds is 10. The summed E-state index contributed by atoms with van der Waals surface area (Å²) in [6.07, 6.45) is 1.43. The molecule has 4 heteroatoms. The summed E-state index contributed by atoms with van der Waals surface area (Å²) in [6.45, 7) is 0. The van der Waals surface area contributed by atoms with E-state index in [4.69, 9.17) is 10.5 Å². The van der Waals surface area contributed by atoms with Crippen molar-refractivity contribution in [3.05, 3.63) is 192 Å². The highest BCUT2D eigenvalue weighted by Gasteiger charge is 2.29. The molecule has 2 N–H and O–H groups in total. The number of nitrogens with one attached hydrogen (secondary N) is 2. The summed E-state index contributed by atoms with van der Waals surface area (Å²) in [5.74, 6) is 0. The molecule has 1 heterocycles. The van der Waals surface area contributed by atoms with Gasteiger partial charge in [0, 0.05) is 24.2 Å². The van der Waals surface area contributed by atoms with E-state index in [1.807, 2.05) is 60.7 Å². The number of hydrogen-bond acceptors (Lipinski definition) is 4. The highest BCUT2D eigenvalue weighted by atomic mass is 15.5. The van der Waals surface area contributed by atoms with E-state index >= 15 is 0 Å². The molecule has 4 nitrogen and oxygen atoms in total. The minimum absolute atomic E-state index is 0.0309. The summed E-state index contributed by atoms with van der Waals surface area (Å²) in [4.78, 5) is 0. The second kappa shape index (κ2) is 13.5. The van der Waals surface area contributed by atoms with Gasteiger partial charge in [0.2, 0.25) is 0 Å². The number of anilines is 2. The van der Waals surface area contributed by atoms with Crippen LogP contribution in [0.5, 0.6) is 0 Å². The van der Waals surface area contributed by atoms with Gasteiger partial charge >= 0.3 is 0 Å². The molecule has 224 valence electrons. The van der Waals surface area contributed by atoms with Crippen LogP contribution in [0.25, 0.3) is 11.1 Å². The fraction of sp³-hybridized carbons (Fsp3) is 0.0952. The van der Waals surface area contributed by atoms with E-state index in [1.54, 1.807) is 0 Å². The Labute approximate surface area is 271 Å². The van der Waals surface area contributed by atoms with Crippen LogP contribution >= 0.6 is 0 Å². The highest BCUT2D eigenvalue weighted by molar-refractivity contribution is 6.03. The first-order valence-electron chi connectivity index (χ1n) is 15.8. The summed E-state index contributed by atoms with van der Waals surface area (Å²) in [5, 5.41) is 19.7. The molecule has 0 radical (unpaired) electrons. The van der Waals surface area contributed by atoms with Crippen LogP contribution in [0.4, 0.5) is 11.4 Å². The van der Waals surface area contributed by atoms with Crippen molar-refractivity contribution in [1.29, 1.82) is 5.41 Å². The van der Waals surface area contributed by atoms with Crippen molar-refractivity contribution in [3.8, 4) is 11.1 Å². The smallest absolute Gasteiger partial charge is 0.0831 e. The molecular weight excluding hydrogens is 560 g/mol. The predicted octanol–water partition coefficient (Wildman–Crippen LogP) is 10.3. The third kappa shape index (κ3) is 6.52. The van der Waals surface area contributed by atoms with E-state index in [1.165, 1.54) is 22.3 Å². The predicted molar refractivity (Wildman–Crippen MR) is 192 cm³/mol. The lowest BCUT2D eigenvalue weighted by atomic mass is 9.94. The summed E-state index contributed by atoms with van der Waals surface area (Å²) in [7, 11) is 0. The lowest BCUT2D eigenvalue weighted by molar-refractivity contribution is 0.709. The van der Waals surface area contributed by atoms with E-state index in [0.29, 0.717) is 12.1 Å². The van der Waals surface area contributed by atoms with Crippen molar-refractivity contribution in [2.24, 2.45) is 5.10 Å². The number of hydrogen-bond donors (Lipinski definition) is 2. The number of nitrogens with zero attached hydrogens (tertiary/aromatic N) is 2. The van der Waals surface area contributed by atoms with Gasteiger partial charge in [0.15, 0.2) is 0 Å². The lowest BCUT2D eigenvalue weighted by Crippen LogP contribution is -2.18. The van der Waals surface area contributed by atoms with Gasteiger partial charge in [0.05, 0.1) is 23.5 Å². The summed E-state index contributed by atoms with van der Waals surface area (Å²) < 4.78 is 0. The Morgan fingerprint density at radius 2 is 1.17 bits per heavy atom. The molecule has 46 heavy (non-hydrogen) atoms. The van der Waals surface area contributed by atoms with Gasteiger partial charge in [-0.1, -0.05) is 146 Å².